The molecule has 1 aromatic carbocycles. The second kappa shape index (κ2) is 6.27. The lowest BCUT2D eigenvalue weighted by atomic mass is 10.0. The van der Waals surface area contributed by atoms with E-state index in [1.54, 1.807) is 19.2 Å². The maximum Gasteiger partial charge on any atom is 0.374 e. The minimum atomic E-state index is -1.19. The lowest BCUT2D eigenvalue weighted by Crippen LogP contribution is -1.99. The maximum atomic E-state index is 10.9. The van der Waals surface area contributed by atoms with E-state index in [0.717, 1.165) is 5.56 Å². The Bertz CT molecular complexity index is 649. The SMILES string of the molecule is COCc1ccc(OC)c(OC)c1-c1cc(C(=O)O)on1. The van der Waals surface area contributed by atoms with Crippen LogP contribution in [-0.4, -0.2) is 37.6 Å². The molecule has 0 saturated carbocycles. The van der Waals surface area contributed by atoms with Crippen LogP contribution in [0.25, 0.3) is 11.3 Å². The molecule has 2 aromatic rings. The predicted octanol–water partition coefficient (Wildman–Crippen LogP) is 2.20. The number of benzene rings is 1. The first-order valence-corrected chi connectivity index (χ1v) is 6.05. The molecule has 21 heavy (non-hydrogen) atoms. The van der Waals surface area contributed by atoms with Gasteiger partial charge in [0.15, 0.2) is 11.5 Å². The molecule has 7 nitrogen and oxygen atoms in total. The molecule has 1 heterocycles. The molecule has 2 rings (SSSR count). The van der Waals surface area contributed by atoms with Crippen LogP contribution in [0.3, 0.4) is 0 Å². The third kappa shape index (κ3) is 2.82. The Morgan fingerprint density at radius 2 is 2.05 bits per heavy atom. The number of aromatic nitrogens is 1. The third-order valence-electron chi connectivity index (χ3n) is 2.91. The van der Waals surface area contributed by atoms with E-state index in [9.17, 15) is 4.79 Å². The summed E-state index contributed by atoms with van der Waals surface area (Å²) >= 11 is 0. The van der Waals surface area contributed by atoms with E-state index in [0.29, 0.717) is 29.4 Å². The van der Waals surface area contributed by atoms with Crippen LogP contribution in [0.1, 0.15) is 16.1 Å². The van der Waals surface area contributed by atoms with Gasteiger partial charge in [-0.1, -0.05) is 11.2 Å². The smallest absolute Gasteiger partial charge is 0.374 e. The minimum Gasteiger partial charge on any atom is -0.493 e. The second-order valence-electron chi connectivity index (χ2n) is 4.15. The molecule has 0 aliphatic heterocycles. The van der Waals surface area contributed by atoms with E-state index in [-0.39, 0.29) is 5.76 Å². The Kier molecular flexibility index (Phi) is 4.44. The molecule has 112 valence electrons. The zero-order chi connectivity index (χ0) is 15.4. The number of hydrogen-bond acceptors (Lipinski definition) is 6. The average Bonchev–Trinajstić information content (AvgIpc) is 2.96. The molecule has 7 heteroatoms. The minimum absolute atomic E-state index is 0.252. The Labute approximate surface area is 121 Å². The lowest BCUT2D eigenvalue weighted by Gasteiger charge is -2.14. The fraction of sp³-hybridized carbons (Fsp3) is 0.286. The number of nitrogens with zero attached hydrogens (tertiary/aromatic N) is 1. The van der Waals surface area contributed by atoms with Crippen LogP contribution in [-0.2, 0) is 11.3 Å². The Morgan fingerprint density at radius 3 is 2.57 bits per heavy atom. The van der Waals surface area contributed by atoms with Gasteiger partial charge in [0, 0.05) is 13.2 Å². The molecule has 0 aliphatic rings. The van der Waals surface area contributed by atoms with Crippen molar-refractivity contribution in [1.29, 1.82) is 0 Å². The van der Waals surface area contributed by atoms with Crippen LogP contribution in [0, 0.1) is 0 Å². The molecule has 0 bridgehead atoms. The summed E-state index contributed by atoms with van der Waals surface area (Å²) < 4.78 is 20.6. The van der Waals surface area contributed by atoms with Gasteiger partial charge in [0.1, 0.15) is 5.69 Å². The molecule has 0 atom stereocenters. The monoisotopic (exact) mass is 293 g/mol. The first-order valence-electron chi connectivity index (χ1n) is 6.05. The highest BCUT2D eigenvalue weighted by molar-refractivity contribution is 5.86. The number of methoxy groups -OCH3 is 3. The quantitative estimate of drug-likeness (QED) is 0.872. The summed E-state index contributed by atoms with van der Waals surface area (Å²) in [6, 6.07) is 4.88. The van der Waals surface area contributed by atoms with Crippen molar-refractivity contribution < 1.29 is 28.6 Å². The summed E-state index contributed by atoms with van der Waals surface area (Å²) in [5, 5.41) is 12.7. The van der Waals surface area contributed by atoms with Crippen molar-refractivity contribution in [2.45, 2.75) is 6.61 Å². The summed E-state index contributed by atoms with van der Waals surface area (Å²) in [6.45, 7) is 0.310. The van der Waals surface area contributed by atoms with Gasteiger partial charge in [-0.2, -0.15) is 0 Å². The van der Waals surface area contributed by atoms with Crippen molar-refractivity contribution in [3.63, 3.8) is 0 Å². The van der Waals surface area contributed by atoms with Gasteiger partial charge >= 0.3 is 5.97 Å². The van der Waals surface area contributed by atoms with Gasteiger partial charge in [-0.05, 0) is 11.6 Å². The van der Waals surface area contributed by atoms with Gasteiger partial charge < -0.3 is 23.8 Å². The van der Waals surface area contributed by atoms with E-state index in [1.807, 2.05) is 0 Å². The summed E-state index contributed by atoms with van der Waals surface area (Å²) in [5.41, 5.74) is 1.70. The first kappa shape index (κ1) is 14.9. The number of carboxylic acid groups (broad SMARTS) is 1. The number of aromatic carboxylic acids is 1. The number of ether oxygens (including phenoxy) is 3. The van der Waals surface area contributed by atoms with Crippen molar-refractivity contribution in [2.24, 2.45) is 0 Å². The van der Waals surface area contributed by atoms with Gasteiger partial charge in [-0.25, -0.2) is 4.79 Å². The number of carboxylic acids is 1. The highest BCUT2D eigenvalue weighted by Crippen LogP contribution is 2.40. The molecule has 0 fully saturated rings. The van der Waals surface area contributed by atoms with Gasteiger partial charge in [-0.3, -0.25) is 0 Å². The maximum absolute atomic E-state index is 10.9. The molecule has 1 aromatic heterocycles. The lowest BCUT2D eigenvalue weighted by molar-refractivity contribution is 0.0652. The van der Waals surface area contributed by atoms with Gasteiger partial charge in [-0.15, -0.1) is 0 Å². The molecule has 0 spiro atoms. The van der Waals surface area contributed by atoms with Crippen molar-refractivity contribution in [3.8, 4) is 22.8 Å². The fourth-order valence-corrected chi connectivity index (χ4v) is 2.02. The third-order valence-corrected chi connectivity index (χ3v) is 2.91. The van der Waals surface area contributed by atoms with Crippen molar-refractivity contribution >= 4 is 5.97 Å². The highest BCUT2D eigenvalue weighted by atomic mass is 16.5. The Balaban J connectivity index is 2.64. The molecule has 0 aliphatic carbocycles. The zero-order valence-corrected chi connectivity index (χ0v) is 11.9. The van der Waals surface area contributed by atoms with E-state index in [2.05, 4.69) is 5.16 Å². The van der Waals surface area contributed by atoms with Gasteiger partial charge in [0.2, 0.25) is 5.76 Å². The fourth-order valence-electron chi connectivity index (χ4n) is 2.02. The van der Waals surface area contributed by atoms with Gasteiger partial charge in [0.25, 0.3) is 0 Å². The largest absolute Gasteiger partial charge is 0.493 e. The van der Waals surface area contributed by atoms with E-state index < -0.39 is 5.97 Å². The predicted molar refractivity (Wildman–Crippen MR) is 72.7 cm³/mol. The van der Waals surface area contributed by atoms with E-state index in [1.165, 1.54) is 20.3 Å². The second-order valence-corrected chi connectivity index (χ2v) is 4.15. The van der Waals surface area contributed by atoms with Crippen LogP contribution in [0.15, 0.2) is 22.7 Å². The van der Waals surface area contributed by atoms with E-state index >= 15 is 0 Å². The summed E-state index contributed by atoms with van der Waals surface area (Å²) in [5.74, 6) is -0.494. The van der Waals surface area contributed by atoms with Crippen LogP contribution in [0.5, 0.6) is 11.5 Å². The van der Waals surface area contributed by atoms with Crippen LogP contribution in [0.2, 0.25) is 0 Å². The number of hydrogen-bond donors (Lipinski definition) is 1. The average molecular weight is 293 g/mol. The van der Waals surface area contributed by atoms with Crippen LogP contribution >= 0.6 is 0 Å². The number of carbonyl (C=O) groups is 1. The topological polar surface area (TPSA) is 91.0 Å². The molecular weight excluding hydrogens is 278 g/mol. The normalized spacial score (nSPS) is 10.4. The number of rotatable bonds is 6. The van der Waals surface area contributed by atoms with Crippen molar-refractivity contribution in [1.82, 2.24) is 5.16 Å². The molecular formula is C14H15NO6. The van der Waals surface area contributed by atoms with E-state index in [4.69, 9.17) is 23.8 Å². The standard InChI is InChI=1S/C14H15NO6/c1-18-7-8-4-5-10(19-2)13(20-3)12(8)9-6-11(14(16)17)21-15-9/h4-6H,7H2,1-3H3,(H,16,17). The van der Waals surface area contributed by atoms with Crippen LogP contribution < -0.4 is 9.47 Å². The van der Waals surface area contributed by atoms with Gasteiger partial charge in [0.05, 0.1) is 26.4 Å². The van der Waals surface area contributed by atoms with Crippen molar-refractivity contribution in [2.75, 3.05) is 21.3 Å². The molecule has 1 N–H and O–H groups in total. The molecule has 0 unspecified atom stereocenters. The Hall–Kier alpha value is -2.54. The first-order chi connectivity index (χ1) is 10.1. The van der Waals surface area contributed by atoms with Crippen LogP contribution in [0.4, 0.5) is 0 Å². The molecule has 0 amide bonds. The summed E-state index contributed by atoms with van der Waals surface area (Å²) in [4.78, 5) is 10.9. The summed E-state index contributed by atoms with van der Waals surface area (Å²) in [6.07, 6.45) is 0. The molecule has 0 radical (unpaired) electrons. The van der Waals surface area contributed by atoms with Crippen molar-refractivity contribution in [3.05, 3.63) is 29.5 Å². The zero-order valence-electron chi connectivity index (χ0n) is 11.9. The highest BCUT2D eigenvalue weighted by Gasteiger charge is 2.21. The molecule has 0 saturated heterocycles. The summed E-state index contributed by atoms with van der Waals surface area (Å²) in [7, 11) is 4.57. The Morgan fingerprint density at radius 1 is 1.29 bits per heavy atom.